The van der Waals surface area contributed by atoms with E-state index in [0.717, 1.165) is 0 Å². The summed E-state index contributed by atoms with van der Waals surface area (Å²) in [6, 6.07) is 10.1. The molecule has 0 unspecified atom stereocenters. The maximum atomic E-state index is 11.0. The van der Waals surface area contributed by atoms with Gasteiger partial charge in [-0.25, -0.2) is 0 Å². The molecular weight excluding hydrogens is 216 g/mol. The van der Waals surface area contributed by atoms with Crippen molar-refractivity contribution in [3.63, 3.8) is 0 Å². The number of phenolic OH excluding ortho intramolecular Hbond substituents is 1. The van der Waals surface area contributed by atoms with Gasteiger partial charge >= 0.3 is 0 Å². The first-order chi connectivity index (χ1) is 6.98. The molecule has 0 atom stereocenters. The number of aromatic hydroxyl groups is 1. The molecule has 0 aromatic heterocycles. The molecule has 0 aliphatic heterocycles. The number of fused-ring (bicyclic) bond motifs is 1. The lowest BCUT2D eigenvalue weighted by atomic mass is 10.1. The zero-order valence-electron chi connectivity index (χ0n) is 7.51. The van der Waals surface area contributed by atoms with Crippen LogP contribution in [0.1, 0.15) is 0 Å². The third-order valence-electron chi connectivity index (χ3n) is 2.00. The van der Waals surface area contributed by atoms with Gasteiger partial charge in [0.05, 0.1) is 6.07 Å². The molecule has 0 aliphatic carbocycles. The molecule has 0 amide bonds. The number of hydrogen-bond donors (Lipinski definition) is 2. The molecule has 77 valence electrons. The number of rotatable bonds is 1. The Labute approximate surface area is 86.5 Å². The van der Waals surface area contributed by atoms with Crippen LogP contribution in [0.25, 0.3) is 10.8 Å². The van der Waals surface area contributed by atoms with E-state index >= 15 is 0 Å². The molecular formula is C10H7O4S. The Kier molecular flexibility index (Phi) is 2.13. The monoisotopic (exact) mass is 223 g/mol. The Morgan fingerprint density at radius 1 is 1.20 bits per heavy atom. The maximum absolute atomic E-state index is 11.0. The van der Waals surface area contributed by atoms with Crippen molar-refractivity contribution >= 4 is 20.9 Å². The lowest BCUT2D eigenvalue weighted by Crippen LogP contribution is -1.99. The van der Waals surface area contributed by atoms with Gasteiger partial charge in [-0.1, -0.05) is 24.3 Å². The fourth-order valence-electron chi connectivity index (χ4n) is 1.40. The molecule has 0 saturated carbocycles. The highest BCUT2D eigenvalue weighted by Gasteiger charge is 2.15. The predicted octanol–water partition coefficient (Wildman–Crippen LogP) is 1.59. The minimum Gasteiger partial charge on any atom is -0.507 e. The molecule has 4 nitrogen and oxygen atoms in total. The van der Waals surface area contributed by atoms with Crippen LogP contribution in [-0.4, -0.2) is 18.1 Å². The van der Waals surface area contributed by atoms with Crippen molar-refractivity contribution in [2.45, 2.75) is 4.90 Å². The number of benzene rings is 2. The Balaban J connectivity index is 2.96. The SMILES string of the molecule is O=S(=O)(O)c1[c]c(O)cc2ccccc12. The quantitative estimate of drug-likeness (QED) is 0.720. The van der Waals surface area contributed by atoms with Crippen molar-refractivity contribution in [3.05, 3.63) is 36.4 Å². The van der Waals surface area contributed by atoms with Crippen LogP contribution >= 0.6 is 0 Å². The van der Waals surface area contributed by atoms with Gasteiger partial charge in [-0.05, 0) is 11.5 Å². The average molecular weight is 223 g/mol. The highest BCUT2D eigenvalue weighted by molar-refractivity contribution is 7.86. The summed E-state index contributed by atoms with van der Waals surface area (Å²) in [5.74, 6) is -0.318. The van der Waals surface area contributed by atoms with Crippen LogP contribution in [0.4, 0.5) is 0 Å². The van der Waals surface area contributed by atoms with Crippen LogP contribution in [-0.2, 0) is 10.1 Å². The van der Waals surface area contributed by atoms with Gasteiger partial charge in [0.15, 0.2) is 0 Å². The summed E-state index contributed by atoms with van der Waals surface area (Å²) >= 11 is 0. The van der Waals surface area contributed by atoms with Crippen LogP contribution in [0.3, 0.4) is 0 Å². The van der Waals surface area contributed by atoms with Gasteiger partial charge in [0.1, 0.15) is 10.6 Å². The molecule has 0 spiro atoms. The predicted molar refractivity (Wildman–Crippen MR) is 54.3 cm³/mol. The van der Waals surface area contributed by atoms with E-state index in [1.165, 1.54) is 12.1 Å². The molecule has 0 aliphatic rings. The molecule has 0 fully saturated rings. The lowest BCUT2D eigenvalue weighted by Gasteiger charge is -2.03. The minimum absolute atomic E-state index is 0.318. The Hall–Kier alpha value is -1.59. The maximum Gasteiger partial charge on any atom is 0.295 e. The summed E-state index contributed by atoms with van der Waals surface area (Å²) in [6.45, 7) is 0. The summed E-state index contributed by atoms with van der Waals surface area (Å²) in [6.07, 6.45) is 0. The third kappa shape index (κ3) is 1.79. The minimum atomic E-state index is -4.37. The van der Waals surface area contributed by atoms with Crippen LogP contribution in [0, 0.1) is 6.07 Å². The molecule has 2 aromatic rings. The topological polar surface area (TPSA) is 74.6 Å². The molecule has 0 heterocycles. The highest BCUT2D eigenvalue weighted by Crippen LogP contribution is 2.26. The first kappa shape index (κ1) is 9.95. The summed E-state index contributed by atoms with van der Waals surface area (Å²) < 4.78 is 31.0. The molecule has 2 rings (SSSR count). The van der Waals surface area contributed by atoms with Crippen LogP contribution in [0.5, 0.6) is 5.75 Å². The fraction of sp³-hybridized carbons (Fsp3) is 0. The summed E-state index contributed by atoms with van der Waals surface area (Å²) in [5, 5.41) is 10.1. The summed E-state index contributed by atoms with van der Waals surface area (Å²) in [5.41, 5.74) is 0. The van der Waals surface area contributed by atoms with Gasteiger partial charge in [0.2, 0.25) is 0 Å². The molecule has 2 aromatic carbocycles. The number of hydrogen-bond acceptors (Lipinski definition) is 3. The van der Waals surface area contributed by atoms with Crippen molar-refractivity contribution < 1.29 is 18.1 Å². The van der Waals surface area contributed by atoms with Crippen molar-refractivity contribution in [1.29, 1.82) is 0 Å². The molecule has 1 radical (unpaired) electrons. The van der Waals surface area contributed by atoms with E-state index in [0.29, 0.717) is 10.8 Å². The van der Waals surface area contributed by atoms with E-state index in [4.69, 9.17) is 4.55 Å². The second-order valence-electron chi connectivity index (χ2n) is 3.05. The Morgan fingerprint density at radius 2 is 1.87 bits per heavy atom. The van der Waals surface area contributed by atoms with Gasteiger partial charge in [-0.2, -0.15) is 8.42 Å². The second kappa shape index (κ2) is 3.22. The summed E-state index contributed by atoms with van der Waals surface area (Å²) in [7, 11) is -4.37. The van der Waals surface area contributed by atoms with E-state index in [-0.39, 0.29) is 5.75 Å². The largest absolute Gasteiger partial charge is 0.507 e. The van der Waals surface area contributed by atoms with E-state index in [1.807, 2.05) is 0 Å². The molecule has 0 bridgehead atoms. The first-order valence-electron chi connectivity index (χ1n) is 4.10. The van der Waals surface area contributed by atoms with Crippen LogP contribution in [0.15, 0.2) is 35.2 Å². The zero-order chi connectivity index (χ0) is 11.1. The van der Waals surface area contributed by atoms with E-state index in [2.05, 4.69) is 6.07 Å². The van der Waals surface area contributed by atoms with E-state index in [1.54, 1.807) is 18.2 Å². The van der Waals surface area contributed by atoms with Crippen LogP contribution < -0.4 is 0 Å². The van der Waals surface area contributed by atoms with Crippen LogP contribution in [0.2, 0.25) is 0 Å². The van der Waals surface area contributed by atoms with Gasteiger partial charge in [-0.3, -0.25) is 4.55 Å². The highest BCUT2D eigenvalue weighted by atomic mass is 32.2. The first-order valence-corrected chi connectivity index (χ1v) is 5.54. The lowest BCUT2D eigenvalue weighted by molar-refractivity contribution is 0.466. The molecule has 15 heavy (non-hydrogen) atoms. The smallest absolute Gasteiger partial charge is 0.295 e. The Morgan fingerprint density at radius 3 is 2.53 bits per heavy atom. The van der Waals surface area contributed by atoms with Crippen molar-refractivity contribution in [2.75, 3.05) is 0 Å². The van der Waals surface area contributed by atoms with Gasteiger partial charge in [-0.15, -0.1) is 0 Å². The van der Waals surface area contributed by atoms with Gasteiger partial charge in [0.25, 0.3) is 10.1 Å². The standard InChI is InChI=1S/C10H7O4S/c11-8-5-7-3-1-2-4-9(7)10(6-8)15(12,13)14/h1-5,11H,(H,12,13,14). The normalized spacial score (nSPS) is 11.8. The molecule has 0 saturated heterocycles. The number of phenols is 1. The van der Waals surface area contributed by atoms with E-state index < -0.39 is 15.0 Å². The second-order valence-corrected chi connectivity index (χ2v) is 4.40. The average Bonchev–Trinajstić information content (AvgIpc) is 2.15. The third-order valence-corrected chi connectivity index (χ3v) is 2.84. The molecule has 2 N–H and O–H groups in total. The van der Waals surface area contributed by atoms with Crippen molar-refractivity contribution in [3.8, 4) is 5.75 Å². The zero-order valence-corrected chi connectivity index (χ0v) is 8.32. The van der Waals surface area contributed by atoms with Crippen molar-refractivity contribution in [1.82, 2.24) is 0 Å². The van der Waals surface area contributed by atoms with Crippen molar-refractivity contribution in [2.24, 2.45) is 0 Å². The Bertz CT molecular complexity index is 616. The van der Waals surface area contributed by atoms with E-state index in [9.17, 15) is 13.5 Å². The molecule has 5 heteroatoms. The van der Waals surface area contributed by atoms with Gasteiger partial charge in [0, 0.05) is 5.39 Å². The van der Waals surface area contributed by atoms with Gasteiger partial charge < -0.3 is 5.11 Å². The summed E-state index contributed by atoms with van der Waals surface area (Å²) in [4.78, 5) is -0.405. The fourth-order valence-corrected chi connectivity index (χ4v) is 2.10.